The molecule has 0 radical (unpaired) electrons. The van der Waals surface area contributed by atoms with Gasteiger partial charge in [-0.25, -0.2) is 9.78 Å². The van der Waals surface area contributed by atoms with Gasteiger partial charge in [-0.3, -0.25) is 0 Å². The number of halogens is 1. The first-order valence-electron chi connectivity index (χ1n) is 5.85. The summed E-state index contributed by atoms with van der Waals surface area (Å²) in [7, 11) is 1.26. The highest BCUT2D eigenvalue weighted by Gasteiger charge is 2.15. The number of nitrogens with two attached hydrogens (primary N) is 1. The van der Waals surface area contributed by atoms with Crippen molar-refractivity contribution >= 4 is 34.8 Å². The number of nitrogen functional groups attached to an aromatic ring is 1. The first kappa shape index (κ1) is 14.6. The minimum atomic E-state index is -0.585. The molecular weight excluding hydrogens is 292 g/mol. The molecule has 0 fully saturated rings. The Labute approximate surface area is 126 Å². The van der Waals surface area contributed by atoms with Crippen LogP contribution in [0.15, 0.2) is 30.5 Å². The SMILES string of the molecule is COC(=O)c1cc(N)cnc1Nc1cc(Cl)ccc1C#N. The molecule has 106 valence electrons. The quantitative estimate of drug-likeness (QED) is 0.845. The van der Waals surface area contributed by atoms with Gasteiger partial charge in [-0.05, 0) is 24.3 Å². The molecule has 1 aromatic carbocycles. The van der Waals surface area contributed by atoms with E-state index in [1.54, 1.807) is 18.2 Å². The molecule has 0 aliphatic heterocycles. The maximum atomic E-state index is 11.7. The van der Waals surface area contributed by atoms with Gasteiger partial charge in [0.1, 0.15) is 17.5 Å². The number of hydrogen-bond acceptors (Lipinski definition) is 6. The van der Waals surface area contributed by atoms with Crippen molar-refractivity contribution in [2.45, 2.75) is 0 Å². The Morgan fingerprint density at radius 1 is 1.48 bits per heavy atom. The van der Waals surface area contributed by atoms with Crippen LogP contribution in [0.4, 0.5) is 17.2 Å². The number of nitrogens with one attached hydrogen (secondary N) is 1. The lowest BCUT2D eigenvalue weighted by atomic mass is 10.1. The number of rotatable bonds is 3. The molecule has 0 bridgehead atoms. The minimum Gasteiger partial charge on any atom is -0.465 e. The van der Waals surface area contributed by atoms with Gasteiger partial charge in [0.25, 0.3) is 0 Å². The summed E-state index contributed by atoms with van der Waals surface area (Å²) >= 11 is 5.91. The second kappa shape index (κ2) is 6.11. The van der Waals surface area contributed by atoms with Crippen LogP contribution in [-0.2, 0) is 4.74 Å². The Kier molecular flexibility index (Phi) is 4.26. The maximum absolute atomic E-state index is 11.7. The number of carbonyl (C=O) groups excluding carboxylic acids is 1. The largest absolute Gasteiger partial charge is 0.465 e. The van der Waals surface area contributed by atoms with Crippen molar-refractivity contribution in [2.24, 2.45) is 0 Å². The number of ether oxygens (including phenoxy) is 1. The third-order valence-corrected chi connectivity index (χ3v) is 2.90. The molecule has 6 nitrogen and oxygen atoms in total. The van der Waals surface area contributed by atoms with Gasteiger partial charge in [-0.1, -0.05) is 11.6 Å². The Morgan fingerprint density at radius 2 is 2.24 bits per heavy atom. The van der Waals surface area contributed by atoms with E-state index in [1.165, 1.54) is 19.4 Å². The van der Waals surface area contributed by atoms with E-state index in [1.807, 2.05) is 6.07 Å². The predicted molar refractivity (Wildman–Crippen MR) is 79.4 cm³/mol. The second-order valence-electron chi connectivity index (χ2n) is 4.08. The number of benzene rings is 1. The number of anilines is 3. The molecule has 3 N–H and O–H groups in total. The Bertz CT molecular complexity index is 740. The lowest BCUT2D eigenvalue weighted by Gasteiger charge is -2.11. The lowest BCUT2D eigenvalue weighted by Crippen LogP contribution is -2.09. The molecule has 0 aliphatic carbocycles. The summed E-state index contributed by atoms with van der Waals surface area (Å²) in [4.78, 5) is 15.8. The van der Waals surface area contributed by atoms with Crippen molar-refractivity contribution in [1.29, 1.82) is 5.26 Å². The second-order valence-corrected chi connectivity index (χ2v) is 4.52. The van der Waals surface area contributed by atoms with Crippen LogP contribution in [0, 0.1) is 11.3 Å². The van der Waals surface area contributed by atoms with E-state index in [-0.39, 0.29) is 11.4 Å². The van der Waals surface area contributed by atoms with E-state index in [0.717, 1.165) is 0 Å². The van der Waals surface area contributed by atoms with Crippen LogP contribution in [0.1, 0.15) is 15.9 Å². The lowest BCUT2D eigenvalue weighted by molar-refractivity contribution is 0.0601. The fourth-order valence-electron chi connectivity index (χ4n) is 1.69. The highest BCUT2D eigenvalue weighted by Crippen LogP contribution is 2.26. The Balaban J connectivity index is 2.47. The van der Waals surface area contributed by atoms with Crippen molar-refractivity contribution in [3.05, 3.63) is 46.6 Å². The number of nitrogens with zero attached hydrogens (tertiary/aromatic N) is 2. The maximum Gasteiger partial charge on any atom is 0.341 e. The van der Waals surface area contributed by atoms with Crippen LogP contribution in [0.2, 0.25) is 5.02 Å². The van der Waals surface area contributed by atoms with Gasteiger partial charge in [-0.2, -0.15) is 5.26 Å². The van der Waals surface area contributed by atoms with Crippen LogP contribution in [0.3, 0.4) is 0 Å². The average molecular weight is 303 g/mol. The highest BCUT2D eigenvalue weighted by molar-refractivity contribution is 6.30. The zero-order valence-electron chi connectivity index (χ0n) is 11.1. The van der Waals surface area contributed by atoms with Gasteiger partial charge in [0.2, 0.25) is 0 Å². The van der Waals surface area contributed by atoms with E-state index < -0.39 is 5.97 Å². The Hall–Kier alpha value is -2.78. The van der Waals surface area contributed by atoms with E-state index in [2.05, 4.69) is 15.0 Å². The molecule has 1 heterocycles. The monoisotopic (exact) mass is 302 g/mol. The summed E-state index contributed by atoms with van der Waals surface area (Å²) in [6.45, 7) is 0. The van der Waals surface area contributed by atoms with Gasteiger partial charge in [0.15, 0.2) is 0 Å². The molecule has 0 saturated carbocycles. The number of nitriles is 1. The summed E-state index contributed by atoms with van der Waals surface area (Å²) in [5, 5.41) is 12.4. The standard InChI is InChI=1S/C14H11ClN4O2/c1-21-14(20)11-5-10(17)7-18-13(11)19-12-4-9(15)3-2-8(12)6-16/h2-5,7H,17H2,1H3,(H,18,19). The van der Waals surface area contributed by atoms with Crippen LogP contribution in [0.5, 0.6) is 0 Å². The molecule has 2 rings (SSSR count). The predicted octanol–water partition coefficient (Wildman–Crippen LogP) is 2.72. The van der Waals surface area contributed by atoms with Crippen molar-refractivity contribution in [2.75, 3.05) is 18.2 Å². The molecule has 0 amide bonds. The number of carbonyl (C=O) groups is 1. The molecule has 0 saturated heterocycles. The topological polar surface area (TPSA) is 101 Å². The molecule has 0 spiro atoms. The molecular formula is C14H11ClN4O2. The van der Waals surface area contributed by atoms with Gasteiger partial charge in [0.05, 0.1) is 30.2 Å². The smallest absolute Gasteiger partial charge is 0.341 e. The highest BCUT2D eigenvalue weighted by atomic mass is 35.5. The van der Waals surface area contributed by atoms with Gasteiger partial charge >= 0.3 is 5.97 Å². The number of hydrogen-bond donors (Lipinski definition) is 2. The third-order valence-electron chi connectivity index (χ3n) is 2.67. The first-order chi connectivity index (χ1) is 10.0. The summed E-state index contributed by atoms with van der Waals surface area (Å²) in [5.41, 5.74) is 6.92. The molecule has 0 unspecified atom stereocenters. The normalized spacial score (nSPS) is 9.76. The van der Waals surface area contributed by atoms with Crippen LogP contribution >= 0.6 is 11.6 Å². The summed E-state index contributed by atoms with van der Waals surface area (Å²) in [6, 6.07) is 8.21. The van der Waals surface area contributed by atoms with Gasteiger partial charge in [0, 0.05) is 5.02 Å². The third kappa shape index (κ3) is 3.22. The Morgan fingerprint density at radius 3 is 2.90 bits per heavy atom. The zero-order valence-corrected chi connectivity index (χ0v) is 11.8. The van der Waals surface area contributed by atoms with Crippen LogP contribution in [-0.4, -0.2) is 18.1 Å². The van der Waals surface area contributed by atoms with E-state index in [0.29, 0.717) is 22.0 Å². The minimum absolute atomic E-state index is 0.168. The zero-order chi connectivity index (χ0) is 15.4. The number of pyridine rings is 1. The van der Waals surface area contributed by atoms with Crippen molar-refractivity contribution < 1.29 is 9.53 Å². The van der Waals surface area contributed by atoms with Crippen molar-refractivity contribution in [3.8, 4) is 6.07 Å². The van der Waals surface area contributed by atoms with E-state index in [4.69, 9.17) is 22.6 Å². The average Bonchev–Trinajstić information content (AvgIpc) is 2.48. The van der Waals surface area contributed by atoms with Crippen LogP contribution < -0.4 is 11.1 Å². The molecule has 21 heavy (non-hydrogen) atoms. The fraction of sp³-hybridized carbons (Fsp3) is 0.0714. The molecule has 2 aromatic rings. The number of aromatic nitrogens is 1. The van der Waals surface area contributed by atoms with E-state index >= 15 is 0 Å². The molecule has 7 heteroatoms. The molecule has 1 aromatic heterocycles. The molecule has 0 atom stereocenters. The van der Waals surface area contributed by atoms with Crippen LogP contribution in [0.25, 0.3) is 0 Å². The van der Waals surface area contributed by atoms with Crippen molar-refractivity contribution in [1.82, 2.24) is 4.98 Å². The fourth-order valence-corrected chi connectivity index (χ4v) is 1.86. The first-order valence-corrected chi connectivity index (χ1v) is 6.23. The summed E-state index contributed by atoms with van der Waals surface area (Å²) in [5.74, 6) is -0.354. The van der Waals surface area contributed by atoms with E-state index in [9.17, 15) is 4.79 Å². The molecule has 0 aliphatic rings. The number of esters is 1. The number of methoxy groups -OCH3 is 1. The summed E-state index contributed by atoms with van der Waals surface area (Å²) < 4.78 is 4.68. The van der Waals surface area contributed by atoms with Gasteiger partial charge < -0.3 is 15.8 Å². The summed E-state index contributed by atoms with van der Waals surface area (Å²) in [6.07, 6.45) is 1.39. The van der Waals surface area contributed by atoms with Crippen molar-refractivity contribution in [3.63, 3.8) is 0 Å². The van der Waals surface area contributed by atoms with Gasteiger partial charge in [-0.15, -0.1) is 0 Å².